The van der Waals surface area contributed by atoms with Crippen molar-refractivity contribution in [1.29, 1.82) is 0 Å². The summed E-state index contributed by atoms with van der Waals surface area (Å²) in [5.41, 5.74) is 0.160. The molecule has 0 bridgehead atoms. The molecule has 224 valence electrons. The Morgan fingerprint density at radius 2 is 1.80 bits per heavy atom. The van der Waals surface area contributed by atoms with Crippen LogP contribution in [0.25, 0.3) is 0 Å². The maximum Gasteiger partial charge on any atom is 0.271 e. The van der Waals surface area contributed by atoms with Crippen LogP contribution in [0.2, 0.25) is 0 Å². The van der Waals surface area contributed by atoms with Crippen molar-refractivity contribution >= 4 is 33.2 Å². The second-order valence-electron chi connectivity index (χ2n) is 10.0. The van der Waals surface area contributed by atoms with E-state index in [2.05, 4.69) is 5.32 Å². The number of amides is 2. The normalized spacial score (nSPS) is 14.5. The molecule has 2 aromatic rings. The largest absolute Gasteiger partial charge is 0.497 e. The summed E-state index contributed by atoms with van der Waals surface area (Å²) in [4.78, 5) is 39.6. The van der Waals surface area contributed by atoms with Gasteiger partial charge < -0.3 is 19.7 Å². The number of non-ortho nitro benzene ring substituents is 1. The number of carbonyl (C=O) groups excluding carboxylic acids is 2. The first-order valence-electron chi connectivity index (χ1n) is 13.5. The van der Waals surface area contributed by atoms with Crippen LogP contribution in [0.3, 0.4) is 0 Å². The summed E-state index contributed by atoms with van der Waals surface area (Å²) in [6, 6.07) is 9.67. The number of ether oxygens (including phenoxy) is 2. The van der Waals surface area contributed by atoms with Crippen molar-refractivity contribution in [1.82, 2.24) is 10.2 Å². The van der Waals surface area contributed by atoms with E-state index in [0.29, 0.717) is 11.3 Å². The predicted molar refractivity (Wildman–Crippen MR) is 154 cm³/mol. The molecule has 1 saturated carbocycles. The Hall–Kier alpha value is -3.87. The first-order chi connectivity index (χ1) is 19.5. The van der Waals surface area contributed by atoms with Gasteiger partial charge in [0.1, 0.15) is 29.8 Å². The van der Waals surface area contributed by atoms with Gasteiger partial charge in [-0.1, -0.05) is 38.3 Å². The number of benzene rings is 2. The minimum atomic E-state index is -4.12. The predicted octanol–water partition coefficient (Wildman–Crippen LogP) is 3.63. The number of anilines is 1. The van der Waals surface area contributed by atoms with Crippen LogP contribution in [0.15, 0.2) is 42.5 Å². The van der Waals surface area contributed by atoms with E-state index in [4.69, 9.17) is 9.47 Å². The number of hydrogen-bond acceptors (Lipinski definition) is 8. The van der Waals surface area contributed by atoms with Gasteiger partial charge in [-0.05, 0) is 43.0 Å². The van der Waals surface area contributed by atoms with E-state index in [1.165, 1.54) is 31.3 Å². The van der Waals surface area contributed by atoms with Gasteiger partial charge in [0.2, 0.25) is 21.8 Å². The number of nitrogens with zero attached hydrogens (tertiary/aromatic N) is 3. The molecular formula is C28H38N4O8S. The number of nitrogens with one attached hydrogen (secondary N) is 1. The van der Waals surface area contributed by atoms with Crippen LogP contribution in [0.4, 0.5) is 11.4 Å². The van der Waals surface area contributed by atoms with Gasteiger partial charge in [-0.25, -0.2) is 8.42 Å². The minimum absolute atomic E-state index is 0.0102. The number of hydrogen-bond donors (Lipinski definition) is 1. The van der Waals surface area contributed by atoms with Crippen molar-refractivity contribution in [2.75, 3.05) is 31.3 Å². The molecule has 1 aliphatic rings. The fraction of sp³-hybridized carbons (Fsp3) is 0.500. The van der Waals surface area contributed by atoms with E-state index >= 15 is 0 Å². The van der Waals surface area contributed by atoms with Gasteiger partial charge in [0.15, 0.2) is 0 Å². The number of methoxy groups -OCH3 is 2. The monoisotopic (exact) mass is 590 g/mol. The highest BCUT2D eigenvalue weighted by Gasteiger charge is 2.34. The Balaban J connectivity index is 2.01. The van der Waals surface area contributed by atoms with Gasteiger partial charge in [0, 0.05) is 24.7 Å². The highest BCUT2D eigenvalue weighted by molar-refractivity contribution is 7.92. The van der Waals surface area contributed by atoms with Gasteiger partial charge >= 0.3 is 0 Å². The van der Waals surface area contributed by atoms with E-state index in [1.807, 2.05) is 0 Å². The first-order valence-corrected chi connectivity index (χ1v) is 15.4. The van der Waals surface area contributed by atoms with Crippen LogP contribution in [0, 0.1) is 10.1 Å². The standard InChI is InChI=1S/C28H38N4O8S/c1-5-24(28(34)29-21-11-7-6-8-12-21)30(18-20-10-9-13-23(16-20)39-2)27(33)19-31(41(4,37)38)25-17-22(32(35)36)14-15-26(25)40-3/h9-10,13-17,21,24H,5-8,11-12,18-19H2,1-4H3,(H,29,34). The summed E-state index contributed by atoms with van der Waals surface area (Å²) >= 11 is 0. The lowest BCUT2D eigenvalue weighted by Gasteiger charge is -2.34. The lowest BCUT2D eigenvalue weighted by Crippen LogP contribution is -2.54. The number of nitro benzene ring substituents is 1. The second-order valence-corrected chi connectivity index (χ2v) is 11.9. The molecule has 0 saturated heterocycles. The Morgan fingerprint density at radius 1 is 1.10 bits per heavy atom. The zero-order valence-corrected chi connectivity index (χ0v) is 24.7. The smallest absolute Gasteiger partial charge is 0.271 e. The molecule has 3 rings (SSSR count). The number of rotatable bonds is 13. The fourth-order valence-electron chi connectivity index (χ4n) is 5.01. The van der Waals surface area contributed by atoms with E-state index in [0.717, 1.165) is 48.7 Å². The summed E-state index contributed by atoms with van der Waals surface area (Å²) in [6.07, 6.45) is 6.06. The van der Waals surface area contributed by atoms with E-state index in [-0.39, 0.29) is 42.0 Å². The van der Waals surface area contributed by atoms with Crippen LogP contribution in [-0.2, 0) is 26.2 Å². The van der Waals surface area contributed by atoms with Gasteiger partial charge in [0.25, 0.3) is 5.69 Å². The third-order valence-electron chi connectivity index (χ3n) is 7.15. The lowest BCUT2D eigenvalue weighted by atomic mass is 9.95. The molecule has 13 heteroatoms. The third-order valence-corrected chi connectivity index (χ3v) is 8.27. The summed E-state index contributed by atoms with van der Waals surface area (Å²) in [6.45, 7) is 1.10. The van der Waals surface area contributed by atoms with Crippen molar-refractivity contribution < 1.29 is 32.4 Å². The molecular weight excluding hydrogens is 552 g/mol. The summed E-state index contributed by atoms with van der Waals surface area (Å²) in [5.74, 6) is -0.365. The Bertz CT molecular complexity index is 1340. The molecule has 0 heterocycles. The molecule has 41 heavy (non-hydrogen) atoms. The number of nitro groups is 1. The van der Waals surface area contributed by atoms with E-state index in [1.54, 1.807) is 31.2 Å². The van der Waals surface area contributed by atoms with Gasteiger partial charge in [-0.15, -0.1) is 0 Å². The molecule has 12 nitrogen and oxygen atoms in total. The van der Waals surface area contributed by atoms with Gasteiger partial charge in [-0.3, -0.25) is 24.0 Å². The lowest BCUT2D eigenvalue weighted by molar-refractivity contribution is -0.384. The van der Waals surface area contributed by atoms with Crippen LogP contribution in [0.1, 0.15) is 51.0 Å². The molecule has 1 unspecified atom stereocenters. The highest BCUT2D eigenvalue weighted by Crippen LogP contribution is 2.34. The topological polar surface area (TPSA) is 148 Å². The SMILES string of the molecule is CCC(C(=O)NC1CCCCC1)N(Cc1cccc(OC)c1)C(=O)CN(c1cc([N+](=O)[O-])ccc1OC)S(C)(=O)=O. The summed E-state index contributed by atoms with van der Waals surface area (Å²) in [7, 11) is -1.30. The van der Waals surface area contributed by atoms with Crippen molar-refractivity contribution in [3.8, 4) is 11.5 Å². The summed E-state index contributed by atoms with van der Waals surface area (Å²) in [5, 5.41) is 14.5. The molecule has 1 aliphatic carbocycles. The molecule has 2 amide bonds. The maximum absolute atomic E-state index is 14.0. The fourth-order valence-corrected chi connectivity index (χ4v) is 5.86. The second kappa shape index (κ2) is 14.2. The minimum Gasteiger partial charge on any atom is -0.497 e. The van der Waals surface area contributed by atoms with E-state index in [9.17, 15) is 28.1 Å². The van der Waals surface area contributed by atoms with Crippen molar-refractivity contribution in [2.45, 2.75) is 64.1 Å². The molecule has 0 aromatic heterocycles. The average Bonchev–Trinajstić information content (AvgIpc) is 2.95. The van der Waals surface area contributed by atoms with E-state index < -0.39 is 33.4 Å². The highest BCUT2D eigenvalue weighted by atomic mass is 32.2. The third kappa shape index (κ3) is 8.32. The molecule has 0 spiro atoms. The van der Waals surface area contributed by atoms with Crippen molar-refractivity contribution in [3.63, 3.8) is 0 Å². The quantitative estimate of drug-likeness (QED) is 0.275. The van der Waals surface area contributed by atoms with Gasteiger partial charge in [0.05, 0.1) is 25.4 Å². The Kier molecular flexibility index (Phi) is 10.9. The average molecular weight is 591 g/mol. The molecule has 1 N–H and O–H groups in total. The summed E-state index contributed by atoms with van der Waals surface area (Å²) < 4.78 is 37.3. The van der Waals surface area contributed by atoms with Crippen LogP contribution < -0.4 is 19.1 Å². The molecule has 0 radical (unpaired) electrons. The zero-order valence-electron chi connectivity index (χ0n) is 23.9. The van der Waals surface area contributed by atoms with Crippen molar-refractivity contribution in [2.24, 2.45) is 0 Å². The maximum atomic E-state index is 14.0. The van der Waals surface area contributed by atoms with Gasteiger partial charge in [-0.2, -0.15) is 0 Å². The molecule has 1 fully saturated rings. The Morgan fingerprint density at radius 3 is 2.39 bits per heavy atom. The van der Waals surface area contributed by atoms with Crippen molar-refractivity contribution in [3.05, 3.63) is 58.1 Å². The first kappa shape index (κ1) is 31.7. The zero-order chi connectivity index (χ0) is 30.2. The van der Waals surface area contributed by atoms with Crippen LogP contribution >= 0.6 is 0 Å². The molecule has 2 aromatic carbocycles. The molecule has 1 atom stereocenters. The Labute approximate surface area is 240 Å². The van der Waals surface area contributed by atoms with Crippen LogP contribution in [-0.4, -0.2) is 69.2 Å². The van der Waals surface area contributed by atoms with Crippen LogP contribution in [0.5, 0.6) is 11.5 Å². The number of carbonyl (C=O) groups is 2. The number of sulfonamides is 1. The molecule has 0 aliphatic heterocycles.